The Morgan fingerprint density at radius 3 is 2.30 bits per heavy atom. The van der Waals surface area contributed by atoms with E-state index in [1.54, 1.807) is 30.3 Å². The van der Waals surface area contributed by atoms with E-state index in [9.17, 15) is 17.6 Å². The van der Waals surface area contributed by atoms with Gasteiger partial charge in [-0.25, -0.2) is 17.5 Å². The molecule has 6 rings (SSSR count). The minimum absolute atomic E-state index is 0.0873. The van der Waals surface area contributed by atoms with E-state index in [1.165, 1.54) is 37.3 Å². The largest absolute Gasteiger partial charge is 0.367 e. The summed E-state index contributed by atoms with van der Waals surface area (Å²) in [5.74, 6) is 0.259. The summed E-state index contributed by atoms with van der Waals surface area (Å²) in [4.78, 5) is 17.0. The van der Waals surface area contributed by atoms with Gasteiger partial charge >= 0.3 is 0 Å². The first-order valence-corrected chi connectivity index (χ1v) is 17.1. The monoisotopic (exact) mass is 604 g/mol. The van der Waals surface area contributed by atoms with Gasteiger partial charge in [0.1, 0.15) is 10.7 Å². The highest BCUT2D eigenvalue weighted by Gasteiger charge is 2.30. The van der Waals surface area contributed by atoms with Crippen molar-refractivity contribution in [3.05, 3.63) is 83.7 Å². The van der Waals surface area contributed by atoms with Crippen LogP contribution in [0.25, 0.3) is 0 Å². The van der Waals surface area contributed by atoms with Gasteiger partial charge < -0.3 is 15.1 Å². The van der Waals surface area contributed by atoms with Crippen molar-refractivity contribution in [1.82, 2.24) is 4.72 Å². The molecule has 0 aromatic heterocycles. The lowest BCUT2D eigenvalue weighted by Crippen LogP contribution is -2.47. The van der Waals surface area contributed by atoms with Gasteiger partial charge in [-0.3, -0.25) is 4.79 Å². The predicted octanol–water partition coefficient (Wildman–Crippen LogP) is 6.42. The van der Waals surface area contributed by atoms with Crippen LogP contribution in [0.1, 0.15) is 68.5 Å². The second kappa shape index (κ2) is 13.1. The molecule has 43 heavy (non-hydrogen) atoms. The second-order valence-corrected chi connectivity index (χ2v) is 13.8. The summed E-state index contributed by atoms with van der Waals surface area (Å²) in [6.45, 7) is 2.19. The maximum absolute atomic E-state index is 14.5. The zero-order chi connectivity index (χ0) is 29.8. The van der Waals surface area contributed by atoms with Crippen LogP contribution in [-0.4, -0.2) is 40.5 Å². The predicted molar refractivity (Wildman–Crippen MR) is 170 cm³/mol. The topological polar surface area (TPSA) is 81.8 Å². The molecule has 0 spiro atoms. The first-order valence-electron chi connectivity index (χ1n) is 15.7. The van der Waals surface area contributed by atoms with Crippen molar-refractivity contribution in [2.75, 3.05) is 41.3 Å². The van der Waals surface area contributed by atoms with E-state index < -0.39 is 10.0 Å². The van der Waals surface area contributed by atoms with E-state index in [2.05, 4.69) is 16.1 Å². The Balaban J connectivity index is 1.24. The summed E-state index contributed by atoms with van der Waals surface area (Å²) in [6.07, 6.45) is 8.72. The quantitative estimate of drug-likeness (QED) is 0.295. The molecule has 3 aliphatic rings. The van der Waals surface area contributed by atoms with E-state index in [0.717, 1.165) is 31.2 Å². The number of halogens is 1. The van der Waals surface area contributed by atoms with Crippen LogP contribution in [0.5, 0.6) is 0 Å². The Hall–Kier alpha value is -3.43. The Morgan fingerprint density at radius 1 is 0.837 bits per heavy atom. The van der Waals surface area contributed by atoms with Crippen LogP contribution in [0.15, 0.2) is 71.6 Å². The number of carbonyl (C=O) groups excluding carboxylic acids is 1. The molecule has 228 valence electrons. The van der Waals surface area contributed by atoms with Crippen molar-refractivity contribution in [3.8, 4) is 0 Å². The molecule has 9 heteroatoms. The highest BCUT2D eigenvalue weighted by atomic mass is 32.2. The highest BCUT2D eigenvalue weighted by Crippen LogP contribution is 2.35. The minimum atomic E-state index is -3.96. The number of para-hydroxylation sites is 1. The molecular formula is C34H41FN4O3S. The number of carbonyl (C=O) groups is 1. The standard InChI is InChI=1S/C34H41FN4O3S/c35-29-13-5-6-15-31(29)38-20-22-39(23-21-38)32-18-17-27(36-34(40)19-16-25-8-1-2-9-25)24-33(32)43(41,42)37-30-14-7-11-26-10-3-4-12-28(26)30/h3-6,10,12-13,15,17-18,24-25,30,37H,1-2,7-9,11,14,16,19-23H2,(H,36,40)/t30-/m0/s1. The third-order valence-corrected chi connectivity index (χ3v) is 10.8. The second-order valence-electron chi connectivity index (χ2n) is 12.1. The third kappa shape index (κ3) is 6.88. The molecule has 3 aromatic rings. The number of anilines is 3. The lowest BCUT2D eigenvalue weighted by Gasteiger charge is -2.38. The van der Waals surface area contributed by atoms with Crippen LogP contribution >= 0.6 is 0 Å². The van der Waals surface area contributed by atoms with Crippen molar-refractivity contribution in [2.45, 2.75) is 68.7 Å². The summed E-state index contributed by atoms with van der Waals surface area (Å²) in [6, 6.07) is 19.6. The Labute approximate surface area is 254 Å². The van der Waals surface area contributed by atoms with Gasteiger partial charge in [-0.1, -0.05) is 62.1 Å². The molecular weight excluding hydrogens is 563 g/mol. The summed E-state index contributed by atoms with van der Waals surface area (Å²) in [5, 5.41) is 2.96. The third-order valence-electron chi connectivity index (χ3n) is 9.27. The number of fused-ring (bicyclic) bond motifs is 1. The number of rotatable bonds is 9. The highest BCUT2D eigenvalue weighted by molar-refractivity contribution is 7.89. The van der Waals surface area contributed by atoms with E-state index in [-0.39, 0.29) is 22.7 Å². The van der Waals surface area contributed by atoms with E-state index in [0.29, 0.717) is 55.6 Å². The molecule has 1 amide bonds. The molecule has 2 aliphatic carbocycles. The molecule has 7 nitrogen and oxygen atoms in total. The van der Waals surface area contributed by atoms with Gasteiger partial charge in [0.2, 0.25) is 15.9 Å². The first kappa shape index (κ1) is 29.6. The number of amides is 1. The molecule has 1 saturated heterocycles. The smallest absolute Gasteiger partial charge is 0.243 e. The number of hydrogen-bond donors (Lipinski definition) is 2. The molecule has 1 aliphatic heterocycles. The fraction of sp³-hybridized carbons (Fsp3) is 0.441. The number of benzene rings is 3. The van der Waals surface area contributed by atoms with Crippen molar-refractivity contribution in [2.24, 2.45) is 5.92 Å². The normalized spacial score (nSPS) is 19.3. The average molecular weight is 605 g/mol. The Morgan fingerprint density at radius 2 is 1.53 bits per heavy atom. The minimum Gasteiger partial charge on any atom is -0.367 e. The molecule has 1 saturated carbocycles. The number of nitrogens with zero attached hydrogens (tertiary/aromatic N) is 2. The van der Waals surface area contributed by atoms with Gasteiger partial charge in [0.05, 0.1) is 11.4 Å². The van der Waals surface area contributed by atoms with Crippen molar-refractivity contribution >= 4 is 33.0 Å². The molecule has 2 fully saturated rings. The van der Waals surface area contributed by atoms with Crippen molar-refractivity contribution < 1.29 is 17.6 Å². The van der Waals surface area contributed by atoms with Gasteiger partial charge in [-0.15, -0.1) is 0 Å². The fourth-order valence-electron chi connectivity index (χ4n) is 6.95. The van der Waals surface area contributed by atoms with Crippen LogP contribution < -0.4 is 19.8 Å². The number of aryl methyl sites for hydroxylation is 1. The molecule has 0 radical (unpaired) electrons. The summed E-state index contributed by atoms with van der Waals surface area (Å²) >= 11 is 0. The van der Waals surface area contributed by atoms with Crippen LogP contribution in [0, 0.1) is 11.7 Å². The number of sulfonamides is 1. The van der Waals surface area contributed by atoms with Gasteiger partial charge in [0.15, 0.2) is 0 Å². The maximum Gasteiger partial charge on any atom is 0.243 e. The fourth-order valence-corrected chi connectivity index (χ4v) is 8.45. The van der Waals surface area contributed by atoms with E-state index in [1.807, 2.05) is 34.1 Å². The summed E-state index contributed by atoms with van der Waals surface area (Å²) in [7, 11) is -3.96. The number of nitrogens with one attached hydrogen (secondary N) is 2. The lowest BCUT2D eigenvalue weighted by molar-refractivity contribution is -0.116. The van der Waals surface area contributed by atoms with E-state index >= 15 is 0 Å². The molecule has 2 N–H and O–H groups in total. The zero-order valence-electron chi connectivity index (χ0n) is 24.6. The molecule has 0 bridgehead atoms. The SMILES string of the molecule is O=C(CCC1CCCC1)Nc1ccc(N2CCN(c3ccccc3F)CC2)c(S(=O)(=O)N[C@H]2CCCc3ccccc32)c1. The number of piperazine rings is 1. The molecule has 1 heterocycles. The zero-order valence-corrected chi connectivity index (χ0v) is 25.4. The Bertz CT molecular complexity index is 1550. The van der Waals surface area contributed by atoms with Crippen LogP contribution in [0.4, 0.5) is 21.5 Å². The van der Waals surface area contributed by atoms with Crippen LogP contribution in [0.3, 0.4) is 0 Å². The van der Waals surface area contributed by atoms with E-state index in [4.69, 9.17) is 0 Å². The first-order chi connectivity index (χ1) is 20.9. The van der Waals surface area contributed by atoms with Crippen molar-refractivity contribution in [1.29, 1.82) is 0 Å². The van der Waals surface area contributed by atoms with Gasteiger partial charge in [0.25, 0.3) is 0 Å². The van der Waals surface area contributed by atoms with Crippen LogP contribution in [-0.2, 0) is 21.2 Å². The summed E-state index contributed by atoms with van der Waals surface area (Å²) in [5.41, 5.74) is 3.83. The van der Waals surface area contributed by atoms with Gasteiger partial charge in [-0.2, -0.15) is 0 Å². The summed E-state index contributed by atoms with van der Waals surface area (Å²) < 4.78 is 45.7. The molecule has 3 aromatic carbocycles. The Kier molecular flexibility index (Phi) is 9.00. The van der Waals surface area contributed by atoms with Crippen molar-refractivity contribution in [3.63, 3.8) is 0 Å². The molecule has 0 unspecified atom stereocenters. The average Bonchev–Trinajstić information content (AvgIpc) is 3.55. The van der Waals surface area contributed by atoms with Crippen LogP contribution in [0.2, 0.25) is 0 Å². The van der Waals surface area contributed by atoms with Gasteiger partial charge in [-0.05, 0) is 73.1 Å². The van der Waals surface area contributed by atoms with Gasteiger partial charge in [0, 0.05) is 44.3 Å². The maximum atomic E-state index is 14.5. The lowest BCUT2D eigenvalue weighted by atomic mass is 9.88. The molecule has 1 atom stereocenters. The number of hydrogen-bond acceptors (Lipinski definition) is 5.